The molecule has 0 atom stereocenters. The van der Waals surface area contributed by atoms with E-state index in [1.165, 1.54) is 4.90 Å². The van der Waals surface area contributed by atoms with Crippen LogP contribution in [-0.2, 0) is 9.59 Å². The number of nitrogens with two attached hydrogens (primary N) is 1. The van der Waals surface area contributed by atoms with Crippen LogP contribution < -0.4 is 25.6 Å². The molecule has 1 aromatic carbocycles. The molecule has 0 unspecified atom stereocenters. The summed E-state index contributed by atoms with van der Waals surface area (Å²) in [5.74, 6) is 0.188. The number of hydrogen-bond acceptors (Lipinski definition) is 4. The van der Waals surface area contributed by atoms with E-state index in [4.69, 9.17) is 10.5 Å². The largest absolute Gasteiger partial charge is 0.497 e. The average molecular weight is 307 g/mol. The SMILES string of the molecule is COc1cccc(N2CC[NH+](CC(=O)NCC(N)=O)CC2)c1. The number of piperazine rings is 1. The summed E-state index contributed by atoms with van der Waals surface area (Å²) in [4.78, 5) is 25.8. The topological polar surface area (TPSA) is 89.1 Å². The number of nitrogens with zero attached hydrogens (tertiary/aromatic N) is 1. The van der Waals surface area contributed by atoms with Crippen molar-refractivity contribution in [1.82, 2.24) is 5.32 Å². The Morgan fingerprint density at radius 2 is 2.09 bits per heavy atom. The highest BCUT2D eigenvalue weighted by Gasteiger charge is 2.22. The van der Waals surface area contributed by atoms with E-state index in [1.807, 2.05) is 18.2 Å². The predicted molar refractivity (Wildman–Crippen MR) is 83.0 cm³/mol. The van der Waals surface area contributed by atoms with Gasteiger partial charge in [-0.1, -0.05) is 6.07 Å². The highest BCUT2D eigenvalue weighted by molar-refractivity contribution is 5.84. The van der Waals surface area contributed by atoms with Crippen LogP contribution in [0.15, 0.2) is 24.3 Å². The molecule has 4 N–H and O–H groups in total. The number of ether oxygens (including phenoxy) is 1. The Kier molecular flexibility index (Phi) is 5.60. The number of nitrogens with one attached hydrogen (secondary N) is 2. The summed E-state index contributed by atoms with van der Waals surface area (Å²) in [7, 11) is 1.66. The number of anilines is 1. The van der Waals surface area contributed by atoms with Crippen LogP contribution in [0, 0.1) is 0 Å². The van der Waals surface area contributed by atoms with Crippen LogP contribution in [0.4, 0.5) is 5.69 Å². The van der Waals surface area contributed by atoms with Crippen LogP contribution in [0.25, 0.3) is 0 Å². The van der Waals surface area contributed by atoms with Gasteiger partial charge in [-0.15, -0.1) is 0 Å². The summed E-state index contributed by atoms with van der Waals surface area (Å²) in [6, 6.07) is 7.98. The molecule has 0 aromatic heterocycles. The summed E-state index contributed by atoms with van der Waals surface area (Å²) in [6.07, 6.45) is 0. The lowest BCUT2D eigenvalue weighted by Crippen LogP contribution is -3.16. The molecule has 1 aromatic rings. The Labute approximate surface area is 130 Å². The summed E-state index contributed by atoms with van der Waals surface area (Å²) in [5, 5.41) is 2.52. The summed E-state index contributed by atoms with van der Waals surface area (Å²) < 4.78 is 5.24. The van der Waals surface area contributed by atoms with Gasteiger partial charge in [0, 0.05) is 11.8 Å². The molecular weight excluding hydrogens is 284 g/mol. The normalized spacial score (nSPS) is 15.4. The van der Waals surface area contributed by atoms with Gasteiger partial charge in [-0.3, -0.25) is 9.59 Å². The van der Waals surface area contributed by atoms with Crippen molar-refractivity contribution < 1.29 is 19.2 Å². The average Bonchev–Trinajstić information content (AvgIpc) is 2.54. The van der Waals surface area contributed by atoms with Crippen LogP contribution in [0.1, 0.15) is 0 Å². The van der Waals surface area contributed by atoms with E-state index in [0.29, 0.717) is 6.54 Å². The van der Waals surface area contributed by atoms with Crippen LogP contribution in [-0.4, -0.2) is 58.2 Å². The highest BCUT2D eigenvalue weighted by atomic mass is 16.5. The van der Waals surface area contributed by atoms with Crippen molar-refractivity contribution in [3.63, 3.8) is 0 Å². The molecule has 22 heavy (non-hydrogen) atoms. The van der Waals surface area contributed by atoms with E-state index in [0.717, 1.165) is 37.6 Å². The van der Waals surface area contributed by atoms with Crippen molar-refractivity contribution in [2.24, 2.45) is 5.73 Å². The van der Waals surface area contributed by atoms with Gasteiger partial charge in [-0.05, 0) is 12.1 Å². The first kappa shape index (κ1) is 16.1. The first-order valence-electron chi connectivity index (χ1n) is 7.36. The number of carbonyl (C=O) groups is 2. The van der Waals surface area contributed by atoms with Crippen molar-refractivity contribution in [2.75, 3.05) is 51.3 Å². The lowest BCUT2D eigenvalue weighted by atomic mass is 10.2. The maximum absolute atomic E-state index is 11.7. The van der Waals surface area contributed by atoms with Gasteiger partial charge in [0.2, 0.25) is 5.91 Å². The lowest BCUT2D eigenvalue weighted by molar-refractivity contribution is -0.892. The quantitative estimate of drug-likeness (QED) is 0.567. The van der Waals surface area contributed by atoms with Crippen LogP contribution >= 0.6 is 0 Å². The fourth-order valence-corrected chi connectivity index (χ4v) is 2.54. The maximum atomic E-state index is 11.7. The number of rotatable bonds is 6. The molecule has 1 fully saturated rings. The molecule has 0 aliphatic carbocycles. The number of primary amides is 1. The molecule has 0 bridgehead atoms. The van der Waals surface area contributed by atoms with Crippen molar-refractivity contribution >= 4 is 17.5 Å². The van der Waals surface area contributed by atoms with Crippen LogP contribution in [0.3, 0.4) is 0 Å². The summed E-state index contributed by atoms with van der Waals surface area (Å²) >= 11 is 0. The predicted octanol–water partition coefficient (Wildman–Crippen LogP) is -2.00. The third kappa shape index (κ3) is 4.63. The fourth-order valence-electron chi connectivity index (χ4n) is 2.54. The highest BCUT2D eigenvalue weighted by Crippen LogP contribution is 2.20. The van der Waals surface area contributed by atoms with Crippen molar-refractivity contribution in [2.45, 2.75) is 0 Å². The minimum Gasteiger partial charge on any atom is -0.497 e. The number of quaternary nitrogens is 1. The molecule has 1 saturated heterocycles. The summed E-state index contributed by atoms with van der Waals surface area (Å²) in [5.41, 5.74) is 6.14. The third-order valence-corrected chi connectivity index (χ3v) is 3.76. The minimum absolute atomic E-state index is 0.0952. The Balaban J connectivity index is 1.80. The second-order valence-electron chi connectivity index (χ2n) is 5.36. The first-order valence-corrected chi connectivity index (χ1v) is 7.36. The van der Waals surface area contributed by atoms with Crippen molar-refractivity contribution in [3.05, 3.63) is 24.3 Å². The zero-order chi connectivity index (χ0) is 15.9. The third-order valence-electron chi connectivity index (χ3n) is 3.76. The molecule has 1 heterocycles. The molecular formula is C15H23N4O3+. The van der Waals surface area contributed by atoms with Crippen LogP contribution in [0.5, 0.6) is 5.75 Å². The molecule has 2 rings (SSSR count). The van der Waals surface area contributed by atoms with Crippen LogP contribution in [0.2, 0.25) is 0 Å². The van der Waals surface area contributed by atoms with E-state index in [9.17, 15) is 9.59 Å². The number of amides is 2. The van der Waals surface area contributed by atoms with E-state index in [-0.39, 0.29) is 12.5 Å². The first-order chi connectivity index (χ1) is 10.6. The molecule has 2 amide bonds. The zero-order valence-electron chi connectivity index (χ0n) is 12.8. The Bertz CT molecular complexity index is 527. The molecule has 0 radical (unpaired) electrons. The Morgan fingerprint density at radius 1 is 1.36 bits per heavy atom. The second-order valence-corrected chi connectivity index (χ2v) is 5.36. The van der Waals surface area contributed by atoms with E-state index >= 15 is 0 Å². The van der Waals surface area contributed by atoms with E-state index in [2.05, 4.69) is 16.3 Å². The van der Waals surface area contributed by atoms with Crippen molar-refractivity contribution in [3.8, 4) is 5.75 Å². The molecule has 0 saturated carbocycles. The van der Waals surface area contributed by atoms with E-state index in [1.54, 1.807) is 7.11 Å². The number of carbonyl (C=O) groups excluding carboxylic acids is 2. The number of benzene rings is 1. The van der Waals surface area contributed by atoms with Gasteiger partial charge in [0.15, 0.2) is 6.54 Å². The standard InChI is InChI=1S/C15H22N4O3/c1-22-13-4-2-3-12(9-13)19-7-5-18(6-8-19)11-15(21)17-10-14(16)20/h2-4,9H,5-8,10-11H2,1H3,(H2,16,20)(H,17,21)/p+1. The molecule has 1 aliphatic rings. The maximum Gasteiger partial charge on any atom is 0.275 e. The summed E-state index contributed by atoms with van der Waals surface area (Å²) in [6.45, 7) is 3.79. The van der Waals surface area contributed by atoms with Gasteiger partial charge in [-0.2, -0.15) is 0 Å². The van der Waals surface area contributed by atoms with Gasteiger partial charge >= 0.3 is 0 Å². The zero-order valence-corrected chi connectivity index (χ0v) is 12.8. The smallest absolute Gasteiger partial charge is 0.275 e. The molecule has 7 heteroatoms. The Morgan fingerprint density at radius 3 is 2.73 bits per heavy atom. The van der Waals surface area contributed by atoms with E-state index < -0.39 is 5.91 Å². The molecule has 120 valence electrons. The molecule has 7 nitrogen and oxygen atoms in total. The van der Waals surface area contributed by atoms with Gasteiger partial charge in [-0.25, -0.2) is 0 Å². The van der Waals surface area contributed by atoms with Gasteiger partial charge in [0.05, 0.1) is 39.8 Å². The van der Waals surface area contributed by atoms with Gasteiger partial charge < -0.3 is 25.6 Å². The Hall–Kier alpha value is -2.28. The molecule has 1 aliphatic heterocycles. The van der Waals surface area contributed by atoms with Crippen molar-refractivity contribution in [1.29, 1.82) is 0 Å². The molecule has 0 spiro atoms. The number of hydrogen-bond donors (Lipinski definition) is 3. The fraction of sp³-hybridized carbons (Fsp3) is 0.467. The second kappa shape index (κ2) is 7.65. The minimum atomic E-state index is -0.522. The van der Waals surface area contributed by atoms with Gasteiger partial charge in [0.25, 0.3) is 5.91 Å². The monoisotopic (exact) mass is 307 g/mol. The lowest BCUT2D eigenvalue weighted by Gasteiger charge is -2.33. The van der Waals surface area contributed by atoms with Gasteiger partial charge in [0.1, 0.15) is 5.75 Å². The number of methoxy groups -OCH3 is 1.